The lowest BCUT2D eigenvalue weighted by Crippen LogP contribution is -2.49. The molecular weight excluding hydrogens is 834 g/mol. The summed E-state index contributed by atoms with van der Waals surface area (Å²) in [6.45, 7) is 4.95. The van der Waals surface area contributed by atoms with Gasteiger partial charge in [0.2, 0.25) is 17.7 Å². The minimum atomic E-state index is -4.55. The number of hydrogen-bond acceptors (Lipinski definition) is 13. The number of unbranched alkanes of at least 4 members (excludes halogenated alkanes) is 3. The molecule has 18 heteroatoms. The molecule has 0 bridgehead atoms. The number of nitrogens with one attached hydrogen (secondary N) is 2. The number of anilines is 3. The van der Waals surface area contributed by atoms with E-state index in [1.165, 1.54) is 22.6 Å². The van der Waals surface area contributed by atoms with Gasteiger partial charge in [-0.05, 0) is 101 Å². The Balaban J connectivity index is 0.893. The van der Waals surface area contributed by atoms with Crippen LogP contribution in [0.4, 0.5) is 30.4 Å². The maximum Gasteiger partial charge on any atom is 0.416 e. The number of amides is 1. The lowest BCUT2D eigenvalue weighted by Gasteiger charge is -2.39. The molecule has 3 aromatic carbocycles. The lowest BCUT2D eigenvalue weighted by atomic mass is 10.0. The first-order valence-corrected chi connectivity index (χ1v) is 21.7. The Morgan fingerprint density at radius 2 is 1.77 bits per heavy atom. The molecule has 1 aliphatic heterocycles. The fourth-order valence-corrected chi connectivity index (χ4v) is 8.70. The van der Waals surface area contributed by atoms with Gasteiger partial charge in [-0.2, -0.15) is 13.2 Å². The van der Waals surface area contributed by atoms with Crippen molar-refractivity contribution in [1.29, 1.82) is 0 Å². The third kappa shape index (κ3) is 9.98. The summed E-state index contributed by atoms with van der Waals surface area (Å²) in [6, 6.07) is 11.1. The van der Waals surface area contributed by atoms with Crippen LogP contribution in [0.25, 0.3) is 21.7 Å². The zero-order valence-corrected chi connectivity index (χ0v) is 36.9. The number of piperidine rings is 1. The van der Waals surface area contributed by atoms with Crippen molar-refractivity contribution in [3.63, 3.8) is 0 Å². The molecule has 64 heavy (non-hydrogen) atoms. The first-order chi connectivity index (χ1) is 30.4. The number of halogens is 3. The topological polar surface area (TPSA) is 204 Å². The van der Waals surface area contributed by atoms with E-state index < -0.39 is 36.3 Å². The molecule has 0 radical (unpaired) electrons. The van der Waals surface area contributed by atoms with Gasteiger partial charge in [-0.3, -0.25) is 14.3 Å². The average Bonchev–Trinajstić information content (AvgIpc) is 3.97. The number of nitrogen functional groups attached to an aromatic ring is 1. The Bertz CT molecular complexity index is 2480. The van der Waals surface area contributed by atoms with Crippen molar-refractivity contribution in [2.75, 3.05) is 57.3 Å². The normalized spacial score (nSPS) is 19.1. The van der Waals surface area contributed by atoms with Crippen molar-refractivity contribution >= 4 is 44.8 Å². The van der Waals surface area contributed by atoms with Gasteiger partial charge in [0.25, 0.3) is 0 Å². The van der Waals surface area contributed by atoms with Gasteiger partial charge in [0.05, 0.1) is 42.3 Å². The average molecular weight is 893 g/mol. The van der Waals surface area contributed by atoms with E-state index in [4.69, 9.17) is 15.2 Å². The van der Waals surface area contributed by atoms with E-state index in [0.717, 1.165) is 50.7 Å². The molecule has 1 aliphatic carbocycles. The molecule has 0 spiro atoms. The predicted molar refractivity (Wildman–Crippen MR) is 238 cm³/mol. The van der Waals surface area contributed by atoms with Gasteiger partial charge < -0.3 is 51.2 Å². The second kappa shape index (κ2) is 18.8. The quantitative estimate of drug-likeness (QED) is 0.0334. The highest BCUT2D eigenvalue weighted by molar-refractivity contribution is 6.02. The van der Waals surface area contributed by atoms with E-state index in [0.29, 0.717) is 95.0 Å². The number of ether oxygens (including phenoxy) is 2. The van der Waals surface area contributed by atoms with Gasteiger partial charge in [0.15, 0.2) is 11.5 Å². The molecule has 8 N–H and O–H groups in total. The van der Waals surface area contributed by atoms with E-state index in [9.17, 15) is 38.4 Å². The Labute approximate surface area is 370 Å². The van der Waals surface area contributed by atoms with E-state index >= 15 is 0 Å². The van der Waals surface area contributed by atoms with Crippen LogP contribution >= 0.6 is 0 Å². The maximum atomic E-state index is 13.6. The molecule has 15 nitrogen and oxygen atoms in total. The number of carbonyl (C=O) groups is 1. The number of likely N-dealkylation sites (N-methyl/N-ethyl adjacent to an activating group) is 1. The Morgan fingerprint density at radius 3 is 2.48 bits per heavy atom. The maximum absolute atomic E-state index is 13.6. The number of aliphatic hydroxyl groups excluding tert-OH is 2. The number of benzene rings is 3. The first kappa shape index (κ1) is 46.3. The zero-order valence-electron chi connectivity index (χ0n) is 36.9. The van der Waals surface area contributed by atoms with Crippen LogP contribution in [0.1, 0.15) is 93.7 Å². The van der Waals surface area contributed by atoms with Gasteiger partial charge in [0.1, 0.15) is 24.1 Å². The molecule has 1 amide bonds. The Morgan fingerprint density at radius 1 is 1.02 bits per heavy atom. The molecule has 7 rings (SSSR count). The molecule has 3 heterocycles. The first-order valence-electron chi connectivity index (χ1n) is 21.7. The van der Waals surface area contributed by atoms with E-state index in [2.05, 4.69) is 20.6 Å². The summed E-state index contributed by atoms with van der Waals surface area (Å²) < 4.78 is 54.1. The minimum absolute atomic E-state index is 0.00440. The van der Waals surface area contributed by atoms with Crippen molar-refractivity contribution in [2.24, 2.45) is 5.41 Å². The van der Waals surface area contributed by atoms with Crippen LogP contribution in [0.3, 0.4) is 0 Å². The van der Waals surface area contributed by atoms with Gasteiger partial charge in [0, 0.05) is 60.2 Å². The van der Waals surface area contributed by atoms with Crippen molar-refractivity contribution in [2.45, 2.75) is 102 Å². The molecule has 4 atom stereocenters. The highest BCUT2D eigenvalue weighted by atomic mass is 19.4. The van der Waals surface area contributed by atoms with Gasteiger partial charge in [-0.1, -0.05) is 18.9 Å². The third-order valence-corrected chi connectivity index (χ3v) is 12.6. The van der Waals surface area contributed by atoms with Crippen LogP contribution in [-0.2, 0) is 11.0 Å². The lowest BCUT2D eigenvalue weighted by molar-refractivity contribution is -0.140. The number of rotatable bonds is 18. The number of aliphatic hydroxyl groups is 2. The number of nitrogens with zero attached hydrogens (tertiary/aromatic N) is 5. The molecule has 2 aromatic heterocycles. The highest BCUT2D eigenvalue weighted by Gasteiger charge is 2.45. The van der Waals surface area contributed by atoms with Crippen molar-refractivity contribution in [1.82, 2.24) is 24.3 Å². The van der Waals surface area contributed by atoms with Gasteiger partial charge in [-0.25, -0.2) is 9.97 Å². The molecule has 346 valence electrons. The van der Waals surface area contributed by atoms with Crippen molar-refractivity contribution < 1.29 is 47.9 Å². The number of carbonyl (C=O) groups excluding carboxylic acids is 1. The largest absolute Gasteiger partial charge is 0.494 e. The third-order valence-electron chi connectivity index (χ3n) is 12.6. The standard InChI is InChI=1S/C46H59F3N8O7/c1-26(28-19-29(46(47,48)49)21-30(50)20-28)52-41-32-22-37(36(63-5)23-34(32)53-27(2)54-41)64-25-45(16-17-45)24-55(3)38(58)13-8-6-7-9-18-51-33-12-10-11-31-40(33)44(62)57(42(31)60)35-14-15-39(59)56(4)43(35)61/h10-12,19-23,26,35,39,43,51,59-62H,6-9,13-18,24-25,50H2,1-5H3,(H,52,53,54)/t26-,35?,39?,43?/m1/s1. The van der Waals surface area contributed by atoms with Crippen LogP contribution in [0.5, 0.6) is 23.3 Å². The minimum Gasteiger partial charge on any atom is -0.494 e. The van der Waals surface area contributed by atoms with Crippen molar-refractivity contribution in [3.8, 4) is 23.3 Å². The molecule has 1 saturated heterocycles. The Kier molecular flexibility index (Phi) is 13.6. The number of fused-ring (bicyclic) bond motifs is 2. The van der Waals surface area contributed by atoms with Crippen LogP contribution in [0.15, 0.2) is 48.5 Å². The monoisotopic (exact) mass is 892 g/mol. The second-order valence-corrected chi connectivity index (χ2v) is 17.5. The Hall–Kier alpha value is -5.72. The van der Waals surface area contributed by atoms with E-state index in [1.807, 2.05) is 13.1 Å². The summed E-state index contributed by atoms with van der Waals surface area (Å²) in [5.41, 5.74) is 6.38. The summed E-state index contributed by atoms with van der Waals surface area (Å²) in [6.07, 6.45) is -0.191. The fourth-order valence-electron chi connectivity index (χ4n) is 8.70. The smallest absolute Gasteiger partial charge is 0.416 e. The number of aryl methyl sites for hydroxylation is 1. The fraction of sp³-hybridized carbons (Fsp3) is 0.500. The zero-order chi connectivity index (χ0) is 46.1. The van der Waals surface area contributed by atoms with E-state index in [-0.39, 0.29) is 28.8 Å². The predicted octanol–water partition coefficient (Wildman–Crippen LogP) is 7.67. The van der Waals surface area contributed by atoms with Crippen LogP contribution in [-0.4, -0.2) is 104 Å². The molecule has 2 fully saturated rings. The van der Waals surface area contributed by atoms with Gasteiger partial charge in [-0.15, -0.1) is 0 Å². The number of aromatic hydroxyl groups is 2. The number of alkyl halides is 3. The summed E-state index contributed by atoms with van der Waals surface area (Å²) in [4.78, 5) is 25.6. The SMILES string of the molecule is COc1cc2nc(C)nc(N[C@H](C)c3cc(N)cc(C(F)(F)F)c3)c2cc1OCC1(CN(C)C(=O)CCCCCCNc2cccc3c(O)n(C4CCC(O)N(C)C4O)c(O)c23)CC1. The molecule has 5 aromatic rings. The number of aromatic nitrogens is 3. The highest BCUT2D eigenvalue weighted by Crippen LogP contribution is 2.48. The number of hydrogen-bond donors (Lipinski definition) is 7. The summed E-state index contributed by atoms with van der Waals surface area (Å²) >= 11 is 0. The molecule has 1 saturated carbocycles. The van der Waals surface area contributed by atoms with Crippen molar-refractivity contribution in [3.05, 3.63) is 65.5 Å². The van der Waals surface area contributed by atoms with Crippen LogP contribution in [0, 0.1) is 12.3 Å². The summed E-state index contributed by atoms with van der Waals surface area (Å²) in [7, 11) is 4.95. The van der Waals surface area contributed by atoms with E-state index in [1.54, 1.807) is 50.1 Å². The number of methoxy groups -OCH3 is 1. The summed E-state index contributed by atoms with van der Waals surface area (Å²) in [5, 5.41) is 51.4. The second-order valence-electron chi connectivity index (χ2n) is 17.5. The summed E-state index contributed by atoms with van der Waals surface area (Å²) in [5.74, 6) is 1.56. The molecule has 3 unspecified atom stereocenters. The number of likely N-dealkylation sites (tertiary alicyclic amines) is 1. The van der Waals surface area contributed by atoms with Crippen LogP contribution < -0.4 is 25.8 Å². The number of nitrogens with two attached hydrogens (primary N) is 1. The van der Waals surface area contributed by atoms with Gasteiger partial charge >= 0.3 is 6.18 Å². The molecule has 2 aliphatic rings. The van der Waals surface area contributed by atoms with Crippen LogP contribution in [0.2, 0.25) is 0 Å². The molecular formula is C46H59F3N8O7.